The Morgan fingerprint density at radius 3 is 1.58 bits per heavy atom. The number of amides is 1. The molecule has 1 amide bonds. The van der Waals surface area contributed by atoms with E-state index in [0.717, 1.165) is 29.6 Å². The third-order valence-electron chi connectivity index (χ3n) is 7.04. The van der Waals surface area contributed by atoms with Gasteiger partial charge in [-0.25, -0.2) is 8.78 Å². The maximum absolute atomic E-state index is 14.2. The number of allylic oxidation sites excluding steroid dienone is 3. The van der Waals surface area contributed by atoms with E-state index in [1.165, 1.54) is 24.3 Å². The van der Waals surface area contributed by atoms with E-state index in [0.29, 0.717) is 33.2 Å². The summed E-state index contributed by atoms with van der Waals surface area (Å²) in [7, 11) is 0. The summed E-state index contributed by atoms with van der Waals surface area (Å²) in [5, 5.41) is 1.88. The Bertz CT molecular complexity index is 2110. The van der Waals surface area contributed by atoms with Crippen molar-refractivity contribution in [2.45, 2.75) is 12.4 Å². The molecule has 3 N–H and O–H groups in total. The van der Waals surface area contributed by atoms with E-state index in [4.69, 9.17) is 40.5 Å². The number of carbonyl (C=O) groups excluding carboxylic acids is 2. The van der Waals surface area contributed by atoms with Crippen LogP contribution >= 0.6 is 58.3 Å². The Balaban J connectivity index is 0.000000202. The zero-order valence-corrected chi connectivity index (χ0v) is 31.5. The molecule has 0 fully saturated rings. The molecule has 2 aliphatic rings. The number of nitrogen functional groups attached to an aromatic ring is 1. The van der Waals surface area contributed by atoms with Crippen LogP contribution in [0.5, 0.6) is 0 Å². The Morgan fingerprint density at radius 2 is 1.11 bits per heavy atom. The third kappa shape index (κ3) is 12.0. The second kappa shape index (κ2) is 19.2. The molecule has 2 heterocycles. The van der Waals surface area contributed by atoms with E-state index < -0.39 is 50.6 Å². The van der Waals surface area contributed by atoms with E-state index in [2.05, 4.69) is 14.8 Å². The van der Waals surface area contributed by atoms with Gasteiger partial charge in [-0.15, -0.1) is 23.5 Å². The maximum Gasteiger partial charge on any atom is 0.450 e. The normalized spacial score (nSPS) is 14.4. The number of nitrogens with two attached hydrogens (primary N) is 1. The minimum absolute atomic E-state index is 0.0623. The molecule has 4 aromatic rings. The molecule has 0 radical (unpaired) electrons. The molecule has 55 heavy (non-hydrogen) atoms. The molecule has 4 aromatic carbocycles. The van der Waals surface area contributed by atoms with Gasteiger partial charge in [-0.3, -0.25) is 9.59 Å². The van der Waals surface area contributed by atoms with E-state index in [-0.39, 0.29) is 41.1 Å². The number of benzene rings is 4. The van der Waals surface area contributed by atoms with Crippen molar-refractivity contribution in [3.05, 3.63) is 128 Å². The van der Waals surface area contributed by atoms with Crippen LogP contribution in [-0.4, -0.2) is 48.2 Å². The third-order valence-corrected chi connectivity index (χ3v) is 9.87. The number of thioether (sulfide) groups is 2. The van der Waals surface area contributed by atoms with Gasteiger partial charge in [0.1, 0.15) is 21.4 Å². The van der Waals surface area contributed by atoms with Gasteiger partial charge in [0.05, 0.1) is 13.2 Å². The molecule has 0 spiro atoms. The summed E-state index contributed by atoms with van der Waals surface area (Å²) in [6.07, 6.45) is -9.42. The van der Waals surface area contributed by atoms with Crippen LogP contribution in [0, 0.1) is 11.6 Å². The molecule has 0 aromatic heterocycles. The van der Waals surface area contributed by atoms with Gasteiger partial charge in [0.25, 0.3) is 11.1 Å². The van der Waals surface area contributed by atoms with Gasteiger partial charge in [-0.05, 0) is 60.1 Å². The smallest absolute Gasteiger partial charge is 0.450 e. The van der Waals surface area contributed by atoms with Gasteiger partial charge < -0.3 is 20.5 Å². The summed E-state index contributed by atoms with van der Waals surface area (Å²) in [6.45, 7) is -0.198. The van der Waals surface area contributed by atoms with Crippen molar-refractivity contribution in [3.8, 4) is 22.3 Å². The lowest BCUT2D eigenvalue weighted by atomic mass is 10.0. The van der Waals surface area contributed by atoms with Gasteiger partial charge in [0, 0.05) is 55.2 Å². The Labute approximate surface area is 332 Å². The molecule has 19 heteroatoms. The number of ether oxygens (including phenoxy) is 2. The van der Waals surface area contributed by atoms with Crippen molar-refractivity contribution >= 4 is 80.9 Å². The first-order valence-electron chi connectivity index (χ1n) is 15.4. The van der Waals surface area contributed by atoms with Crippen LogP contribution in [0.2, 0.25) is 10.0 Å². The number of alkyl halides is 6. The second-order valence-electron chi connectivity index (χ2n) is 10.8. The van der Waals surface area contributed by atoms with Crippen molar-refractivity contribution in [1.29, 1.82) is 0 Å². The van der Waals surface area contributed by atoms with Gasteiger partial charge in [0.2, 0.25) is 11.5 Å². The van der Waals surface area contributed by atoms with E-state index in [9.17, 15) is 44.7 Å². The standard InChI is InChI=1S/C18H12ClF4NO2S.C12H9ClFN.C6H4ClF3O2S/c19-10-5-6-11(13(20)9-10)12-3-1-2-4-14(12)24-17(25)15-16(18(21,22)23)26-7-8-27-15;13-8-5-6-9(11(14)7-8)10-3-1-2-4-12(10)15;7-5(11)3-4(6(8,9)10)12-1-2-13-3/h1-6,9H,7-8H2,(H,24,25);1-7H,15H2;1-2H2. The maximum atomic E-state index is 14.2. The number of halogens is 11. The highest BCUT2D eigenvalue weighted by Gasteiger charge is 2.43. The van der Waals surface area contributed by atoms with E-state index >= 15 is 0 Å². The number of hydrogen-bond acceptors (Lipinski definition) is 7. The number of rotatable bonds is 5. The number of nitrogens with one attached hydrogen (secondary N) is 1. The van der Waals surface area contributed by atoms with Crippen LogP contribution in [0.1, 0.15) is 0 Å². The zero-order chi connectivity index (χ0) is 40.5. The van der Waals surface area contributed by atoms with Crippen molar-refractivity contribution in [3.63, 3.8) is 0 Å². The molecule has 0 saturated carbocycles. The zero-order valence-electron chi connectivity index (χ0n) is 27.6. The molecular weight excluding hydrogens is 847 g/mol. The Morgan fingerprint density at radius 1 is 0.655 bits per heavy atom. The number of hydrogen-bond donors (Lipinski definition) is 2. The average molecular weight is 872 g/mol. The fourth-order valence-electron chi connectivity index (χ4n) is 4.74. The molecule has 292 valence electrons. The highest BCUT2D eigenvalue weighted by molar-refractivity contribution is 8.04. The van der Waals surface area contributed by atoms with Crippen LogP contribution < -0.4 is 11.1 Å². The highest BCUT2D eigenvalue weighted by atomic mass is 35.5. The molecule has 0 aliphatic carbocycles. The molecular formula is C36H25Cl3F8N2O4S2. The lowest BCUT2D eigenvalue weighted by molar-refractivity contribution is -0.133. The second-order valence-corrected chi connectivity index (χ2v) is 14.2. The lowest BCUT2D eigenvalue weighted by Gasteiger charge is -2.22. The fraction of sp³-hybridized carbons (Fsp3) is 0.167. The van der Waals surface area contributed by atoms with Crippen molar-refractivity contribution < 1.29 is 54.2 Å². The molecule has 0 atom stereocenters. The summed E-state index contributed by atoms with van der Waals surface area (Å²) in [4.78, 5) is 21.9. The summed E-state index contributed by atoms with van der Waals surface area (Å²) in [5.74, 6) is -4.01. The van der Waals surface area contributed by atoms with Gasteiger partial charge >= 0.3 is 12.4 Å². The summed E-state index contributed by atoms with van der Waals surface area (Å²) in [6, 6.07) is 22.0. The molecule has 6 rings (SSSR count). The number of carbonyl (C=O) groups is 2. The van der Waals surface area contributed by atoms with E-state index in [1.807, 2.05) is 12.1 Å². The Hall–Kier alpha value is -4.09. The Kier molecular flexibility index (Phi) is 15.2. The first kappa shape index (κ1) is 43.6. The van der Waals surface area contributed by atoms with Crippen LogP contribution in [0.3, 0.4) is 0 Å². The number of para-hydroxylation sites is 2. The summed E-state index contributed by atoms with van der Waals surface area (Å²) >= 11 is 17.9. The minimum atomic E-state index is -4.78. The van der Waals surface area contributed by atoms with Crippen LogP contribution in [0.4, 0.5) is 46.5 Å². The van der Waals surface area contributed by atoms with Crippen LogP contribution in [-0.2, 0) is 19.1 Å². The topological polar surface area (TPSA) is 90.7 Å². The highest BCUT2D eigenvalue weighted by Crippen LogP contribution is 2.39. The minimum Gasteiger partial charge on any atom is -0.487 e. The molecule has 0 unspecified atom stereocenters. The monoisotopic (exact) mass is 870 g/mol. The van der Waals surface area contributed by atoms with Gasteiger partial charge in [-0.1, -0.05) is 59.6 Å². The van der Waals surface area contributed by atoms with Crippen molar-refractivity contribution in [2.75, 3.05) is 35.8 Å². The largest absolute Gasteiger partial charge is 0.487 e. The first-order chi connectivity index (χ1) is 25.9. The molecule has 0 saturated heterocycles. The number of anilines is 2. The fourth-order valence-corrected chi connectivity index (χ4v) is 6.95. The van der Waals surface area contributed by atoms with Crippen molar-refractivity contribution in [2.24, 2.45) is 0 Å². The van der Waals surface area contributed by atoms with Crippen LogP contribution in [0.15, 0.2) is 106 Å². The molecule has 0 bridgehead atoms. The quantitative estimate of drug-likeness (QED) is 0.117. The van der Waals surface area contributed by atoms with E-state index in [1.54, 1.807) is 42.5 Å². The predicted molar refractivity (Wildman–Crippen MR) is 201 cm³/mol. The average Bonchev–Trinajstić information content (AvgIpc) is 3.12. The summed E-state index contributed by atoms with van der Waals surface area (Å²) < 4.78 is 113. The summed E-state index contributed by atoms with van der Waals surface area (Å²) in [5.41, 5.74) is 8.12. The van der Waals surface area contributed by atoms with Gasteiger partial charge in [0.15, 0.2) is 0 Å². The lowest BCUT2D eigenvalue weighted by Crippen LogP contribution is -2.26. The molecule has 6 nitrogen and oxygen atoms in total. The molecule has 2 aliphatic heterocycles. The van der Waals surface area contributed by atoms with Crippen LogP contribution in [0.25, 0.3) is 22.3 Å². The van der Waals surface area contributed by atoms with Crippen molar-refractivity contribution in [1.82, 2.24) is 0 Å². The van der Waals surface area contributed by atoms with Gasteiger partial charge in [-0.2, -0.15) is 26.3 Å². The SMILES string of the molecule is Nc1ccccc1-c1ccc(Cl)cc1F.O=C(Cl)C1=C(C(F)(F)F)OCCS1.O=C(Nc1ccccc1-c1ccc(Cl)cc1F)C1=C(C(F)(F)F)OCCS1. The first-order valence-corrected chi connectivity index (χ1v) is 18.5. The predicted octanol–water partition coefficient (Wildman–Crippen LogP) is 11.6.